The lowest BCUT2D eigenvalue weighted by molar-refractivity contribution is 0.398. The van der Waals surface area contributed by atoms with E-state index in [9.17, 15) is 0 Å². The van der Waals surface area contributed by atoms with E-state index in [0.717, 1.165) is 15.5 Å². The van der Waals surface area contributed by atoms with Crippen LogP contribution in [0.3, 0.4) is 0 Å². The maximum absolute atomic E-state index is 5.83. The molecule has 0 saturated heterocycles. The van der Waals surface area contributed by atoms with Crippen LogP contribution >= 0.6 is 27.5 Å². The van der Waals surface area contributed by atoms with Gasteiger partial charge in [0.2, 0.25) is 0 Å². The van der Waals surface area contributed by atoms with Crippen LogP contribution in [0.25, 0.3) is 11.0 Å². The normalized spacial score (nSPS) is 10.5. The molecule has 0 aliphatic rings. The van der Waals surface area contributed by atoms with Gasteiger partial charge >= 0.3 is 0 Å². The van der Waals surface area contributed by atoms with Gasteiger partial charge in [0.05, 0.1) is 18.1 Å². The number of nitrogens with zero attached hydrogens (tertiary/aromatic N) is 2. The molecule has 0 saturated carbocycles. The van der Waals surface area contributed by atoms with Gasteiger partial charge in [0.15, 0.2) is 5.15 Å². The zero-order valence-electron chi connectivity index (χ0n) is 7.29. The molecule has 0 fully saturated rings. The molecule has 0 aliphatic carbocycles. The molecule has 0 amide bonds. The predicted octanol–water partition coefficient (Wildman–Crippen LogP) is 3.05. The molecule has 1 aromatic heterocycles. The average Bonchev–Trinajstić information content (AvgIpc) is 2.17. The monoisotopic (exact) mass is 272 g/mol. The molecule has 0 radical (unpaired) electrons. The minimum atomic E-state index is 0.280. The number of benzene rings is 1. The molecule has 1 heterocycles. The van der Waals surface area contributed by atoms with Gasteiger partial charge in [-0.25, -0.2) is 9.97 Å². The van der Waals surface area contributed by atoms with Crippen LogP contribution in [0.2, 0.25) is 5.15 Å². The van der Waals surface area contributed by atoms with Crippen molar-refractivity contribution in [2.45, 2.75) is 0 Å². The van der Waals surface area contributed by atoms with E-state index in [1.165, 1.54) is 7.11 Å². The Morgan fingerprint density at radius 2 is 2.07 bits per heavy atom. The summed E-state index contributed by atoms with van der Waals surface area (Å²) in [5, 5.41) is 0.280. The number of fused-ring (bicyclic) bond motifs is 1. The number of hydrogen-bond donors (Lipinski definition) is 0. The van der Waals surface area contributed by atoms with E-state index >= 15 is 0 Å². The smallest absolute Gasteiger partial charge is 0.252 e. The number of methoxy groups -OCH3 is 1. The van der Waals surface area contributed by atoms with Crippen molar-refractivity contribution in [2.75, 3.05) is 7.11 Å². The summed E-state index contributed by atoms with van der Waals surface area (Å²) < 4.78 is 5.92. The quantitative estimate of drug-likeness (QED) is 0.801. The first-order valence-electron chi connectivity index (χ1n) is 3.87. The highest BCUT2D eigenvalue weighted by molar-refractivity contribution is 9.10. The van der Waals surface area contributed by atoms with E-state index in [0.29, 0.717) is 5.88 Å². The third-order valence-electron chi connectivity index (χ3n) is 1.75. The molecule has 5 heteroatoms. The molecule has 3 nitrogen and oxygen atoms in total. The summed E-state index contributed by atoms with van der Waals surface area (Å²) in [5.41, 5.74) is 1.50. The van der Waals surface area contributed by atoms with E-state index in [1.807, 2.05) is 18.2 Å². The van der Waals surface area contributed by atoms with Crippen LogP contribution in [0.5, 0.6) is 5.88 Å². The lowest BCUT2D eigenvalue weighted by Crippen LogP contribution is -1.92. The molecule has 0 N–H and O–H groups in total. The highest BCUT2D eigenvalue weighted by Crippen LogP contribution is 2.24. The van der Waals surface area contributed by atoms with E-state index < -0.39 is 0 Å². The van der Waals surface area contributed by atoms with Crippen LogP contribution in [-0.4, -0.2) is 17.1 Å². The van der Waals surface area contributed by atoms with Crippen molar-refractivity contribution in [3.63, 3.8) is 0 Å². The van der Waals surface area contributed by atoms with Gasteiger partial charge in [-0.2, -0.15) is 0 Å². The SMILES string of the molecule is COc1nc2cc(Br)ccc2nc1Cl. The van der Waals surface area contributed by atoms with Crippen molar-refractivity contribution >= 4 is 38.6 Å². The van der Waals surface area contributed by atoms with Gasteiger partial charge < -0.3 is 4.74 Å². The van der Waals surface area contributed by atoms with Crippen LogP contribution in [-0.2, 0) is 0 Å². The second kappa shape index (κ2) is 3.71. The Bertz CT molecular complexity index is 489. The minimum absolute atomic E-state index is 0.280. The van der Waals surface area contributed by atoms with Crippen LogP contribution in [0.1, 0.15) is 0 Å². The number of ether oxygens (including phenoxy) is 1. The lowest BCUT2D eigenvalue weighted by atomic mass is 10.3. The third kappa shape index (κ3) is 1.67. The highest BCUT2D eigenvalue weighted by atomic mass is 79.9. The Labute approximate surface area is 94.2 Å². The minimum Gasteiger partial charge on any atom is -0.479 e. The van der Waals surface area contributed by atoms with Crippen molar-refractivity contribution in [3.8, 4) is 5.88 Å². The van der Waals surface area contributed by atoms with Crippen LogP contribution in [0.4, 0.5) is 0 Å². The molecule has 2 aromatic rings. The topological polar surface area (TPSA) is 35.0 Å². The van der Waals surface area contributed by atoms with Crippen molar-refractivity contribution in [3.05, 3.63) is 27.8 Å². The van der Waals surface area contributed by atoms with Gasteiger partial charge in [-0.1, -0.05) is 27.5 Å². The molecule has 14 heavy (non-hydrogen) atoms. The Morgan fingerprint density at radius 3 is 2.79 bits per heavy atom. The summed E-state index contributed by atoms with van der Waals surface area (Å²) in [6, 6.07) is 5.60. The van der Waals surface area contributed by atoms with E-state index in [2.05, 4.69) is 25.9 Å². The molecule has 2 rings (SSSR count). The molecular weight excluding hydrogens is 267 g/mol. The first kappa shape index (κ1) is 9.68. The average molecular weight is 274 g/mol. The summed E-state index contributed by atoms with van der Waals surface area (Å²) in [6.45, 7) is 0. The predicted molar refractivity (Wildman–Crippen MR) is 58.8 cm³/mol. The van der Waals surface area contributed by atoms with Crippen molar-refractivity contribution in [1.29, 1.82) is 0 Å². The molecule has 0 atom stereocenters. The third-order valence-corrected chi connectivity index (χ3v) is 2.49. The Balaban J connectivity index is 2.73. The zero-order chi connectivity index (χ0) is 10.1. The van der Waals surface area contributed by atoms with Gasteiger partial charge in [0, 0.05) is 4.47 Å². The largest absolute Gasteiger partial charge is 0.479 e. The van der Waals surface area contributed by atoms with Gasteiger partial charge in [0.1, 0.15) is 0 Å². The fourth-order valence-corrected chi connectivity index (χ4v) is 1.68. The van der Waals surface area contributed by atoms with Crippen molar-refractivity contribution < 1.29 is 4.74 Å². The van der Waals surface area contributed by atoms with E-state index in [4.69, 9.17) is 16.3 Å². The Hall–Kier alpha value is -0.870. The second-order valence-corrected chi connectivity index (χ2v) is 3.93. The molecule has 1 aromatic carbocycles. The van der Waals surface area contributed by atoms with Crippen LogP contribution in [0.15, 0.2) is 22.7 Å². The van der Waals surface area contributed by atoms with E-state index in [-0.39, 0.29) is 5.15 Å². The molecule has 0 aliphatic heterocycles. The number of rotatable bonds is 1. The van der Waals surface area contributed by atoms with Crippen molar-refractivity contribution in [2.24, 2.45) is 0 Å². The van der Waals surface area contributed by atoms with Gasteiger partial charge in [-0.3, -0.25) is 0 Å². The standard InChI is InChI=1S/C9H6BrClN2O/c1-14-9-8(11)12-6-3-2-5(10)4-7(6)13-9/h2-4H,1H3. The summed E-state index contributed by atoms with van der Waals surface area (Å²) in [4.78, 5) is 8.35. The fourth-order valence-electron chi connectivity index (χ4n) is 1.12. The summed E-state index contributed by atoms with van der Waals surface area (Å²) >= 11 is 9.19. The zero-order valence-corrected chi connectivity index (χ0v) is 9.63. The van der Waals surface area contributed by atoms with E-state index in [1.54, 1.807) is 0 Å². The maximum Gasteiger partial charge on any atom is 0.252 e. The second-order valence-electron chi connectivity index (χ2n) is 2.66. The Morgan fingerprint density at radius 1 is 1.29 bits per heavy atom. The highest BCUT2D eigenvalue weighted by Gasteiger charge is 2.06. The molecule has 0 bridgehead atoms. The van der Waals surface area contributed by atoms with Crippen LogP contribution < -0.4 is 4.74 Å². The molecular formula is C9H6BrClN2O. The lowest BCUT2D eigenvalue weighted by Gasteiger charge is -2.03. The summed E-state index contributed by atoms with van der Waals surface area (Å²) in [6.07, 6.45) is 0. The summed E-state index contributed by atoms with van der Waals surface area (Å²) in [5.74, 6) is 0.345. The number of hydrogen-bond acceptors (Lipinski definition) is 3. The maximum atomic E-state index is 5.83. The summed E-state index contributed by atoms with van der Waals surface area (Å²) in [7, 11) is 1.51. The van der Waals surface area contributed by atoms with Crippen molar-refractivity contribution in [1.82, 2.24) is 9.97 Å². The van der Waals surface area contributed by atoms with Gasteiger partial charge in [0.25, 0.3) is 5.88 Å². The van der Waals surface area contributed by atoms with Gasteiger partial charge in [-0.05, 0) is 18.2 Å². The van der Waals surface area contributed by atoms with Gasteiger partial charge in [-0.15, -0.1) is 0 Å². The fraction of sp³-hybridized carbons (Fsp3) is 0.111. The van der Waals surface area contributed by atoms with Crippen LogP contribution in [0, 0.1) is 0 Å². The molecule has 72 valence electrons. The Kier molecular flexibility index (Phi) is 2.56. The molecule has 0 unspecified atom stereocenters. The number of halogens is 2. The first-order chi connectivity index (χ1) is 6.70. The first-order valence-corrected chi connectivity index (χ1v) is 5.04. The molecule has 0 spiro atoms. The number of aromatic nitrogens is 2.